The van der Waals surface area contributed by atoms with E-state index in [1.54, 1.807) is 16.6 Å². The van der Waals surface area contributed by atoms with Gasteiger partial charge in [0.15, 0.2) is 0 Å². The number of alkyl halides is 3. The molecule has 0 saturated heterocycles. The van der Waals surface area contributed by atoms with Crippen LogP contribution in [-0.4, -0.2) is 31.2 Å². The summed E-state index contributed by atoms with van der Waals surface area (Å²) in [6.07, 6.45) is 1.77. The molecule has 0 saturated carbocycles. The highest BCUT2D eigenvalue weighted by Crippen LogP contribution is 2.31. The lowest BCUT2D eigenvalue weighted by Crippen LogP contribution is -2.38. The van der Waals surface area contributed by atoms with Crippen molar-refractivity contribution < 1.29 is 26.7 Å². The molecule has 1 unspecified atom stereocenters. The third-order valence-corrected chi connectivity index (χ3v) is 5.84. The fraction of sp³-hybridized carbons (Fsp3) is 0.167. The Morgan fingerprint density at radius 3 is 2.66 bits per heavy atom. The number of aromatic nitrogens is 3. The van der Waals surface area contributed by atoms with Gasteiger partial charge in [-0.25, -0.2) is 18.7 Å². The van der Waals surface area contributed by atoms with Crippen LogP contribution >= 0.6 is 0 Å². The molecule has 1 atom stereocenters. The number of hydrogen-bond donors (Lipinski definition) is 1. The van der Waals surface area contributed by atoms with Gasteiger partial charge in [0.05, 0.1) is 40.7 Å². The zero-order valence-electron chi connectivity index (χ0n) is 17.9. The largest absolute Gasteiger partial charge is 0.416 e. The molecular formula is C24H16F5N5O. The van der Waals surface area contributed by atoms with Gasteiger partial charge >= 0.3 is 6.18 Å². The predicted octanol–water partition coefficient (Wildman–Crippen LogP) is 4.89. The molecule has 11 heteroatoms. The zero-order valence-corrected chi connectivity index (χ0v) is 17.9. The van der Waals surface area contributed by atoms with Gasteiger partial charge in [-0.15, -0.1) is 5.73 Å². The van der Waals surface area contributed by atoms with Crippen molar-refractivity contribution in [2.45, 2.75) is 25.2 Å². The summed E-state index contributed by atoms with van der Waals surface area (Å²) in [5.74, 6) is -2.63. The van der Waals surface area contributed by atoms with E-state index in [-0.39, 0.29) is 29.0 Å². The van der Waals surface area contributed by atoms with E-state index in [0.717, 1.165) is 18.2 Å². The van der Waals surface area contributed by atoms with Gasteiger partial charge in [0.2, 0.25) is 0 Å². The molecule has 4 aromatic rings. The van der Waals surface area contributed by atoms with Crippen molar-refractivity contribution in [2.24, 2.45) is 0 Å². The number of benzene rings is 2. The number of fused-ring (bicyclic) bond motifs is 3. The molecule has 178 valence electrons. The number of nitrogens with zero attached hydrogens (tertiary/aromatic N) is 4. The summed E-state index contributed by atoms with van der Waals surface area (Å²) in [6.45, 7) is -0.378. The average Bonchev–Trinajstić information content (AvgIpc) is 3.50. The maximum absolute atomic E-state index is 15.1. The predicted molar refractivity (Wildman–Crippen MR) is 117 cm³/mol. The van der Waals surface area contributed by atoms with Crippen molar-refractivity contribution in [1.82, 2.24) is 19.3 Å². The molecular weight excluding hydrogens is 469 g/mol. The Labute approximate surface area is 194 Å². The minimum Gasteiger partial charge on any atom is -0.382 e. The third kappa shape index (κ3) is 4.00. The molecule has 2 N–H and O–H groups in total. The highest BCUT2D eigenvalue weighted by molar-refractivity contribution is 5.98. The summed E-state index contributed by atoms with van der Waals surface area (Å²) in [5, 5.41) is 0. The standard InChI is InChI=1S/C24H16F5N5O/c25-17-7-14(24(27,28)29)6-5-13(17)11-33(15-3-1-2-4-15)23(35)16-8-20-19(9-18(16)26)32-22(30)21-10-31-12-34(20)21/h1,4-10,12,15H,3,11H2,(H2,30,32). The molecule has 2 aromatic carbocycles. The second kappa shape index (κ2) is 8.21. The monoisotopic (exact) mass is 485 g/mol. The highest BCUT2D eigenvalue weighted by atomic mass is 19.4. The van der Waals surface area contributed by atoms with Crippen molar-refractivity contribution in [1.29, 1.82) is 0 Å². The second-order valence-corrected chi connectivity index (χ2v) is 8.04. The van der Waals surface area contributed by atoms with Gasteiger partial charge in [0.25, 0.3) is 5.91 Å². The zero-order chi connectivity index (χ0) is 24.9. The minimum atomic E-state index is -4.71. The molecule has 2 heterocycles. The number of carbonyl (C=O) groups is 1. The van der Waals surface area contributed by atoms with Crippen LogP contribution in [0.3, 0.4) is 0 Å². The van der Waals surface area contributed by atoms with Crippen molar-refractivity contribution in [3.8, 4) is 0 Å². The molecule has 5 rings (SSSR count). The summed E-state index contributed by atoms with van der Waals surface area (Å²) in [4.78, 5) is 22.9. The van der Waals surface area contributed by atoms with Gasteiger partial charge in [0, 0.05) is 18.2 Å². The van der Waals surface area contributed by atoms with Gasteiger partial charge in [-0.3, -0.25) is 9.20 Å². The fourth-order valence-corrected chi connectivity index (χ4v) is 4.04. The molecule has 0 bridgehead atoms. The van der Waals surface area contributed by atoms with Crippen molar-refractivity contribution in [2.75, 3.05) is 5.73 Å². The Hall–Kier alpha value is -4.24. The van der Waals surface area contributed by atoms with Crippen LogP contribution in [0.1, 0.15) is 27.9 Å². The van der Waals surface area contributed by atoms with Crippen LogP contribution in [0.2, 0.25) is 0 Å². The number of hydrogen-bond acceptors (Lipinski definition) is 4. The summed E-state index contributed by atoms with van der Waals surface area (Å²) >= 11 is 0. The first kappa shape index (κ1) is 22.5. The van der Waals surface area contributed by atoms with E-state index in [4.69, 9.17) is 5.73 Å². The maximum atomic E-state index is 15.1. The average molecular weight is 485 g/mol. The van der Waals surface area contributed by atoms with Gasteiger partial charge < -0.3 is 10.6 Å². The van der Waals surface area contributed by atoms with E-state index in [0.29, 0.717) is 23.5 Å². The van der Waals surface area contributed by atoms with Crippen LogP contribution in [0.4, 0.5) is 27.8 Å². The lowest BCUT2D eigenvalue weighted by Gasteiger charge is -2.28. The lowest BCUT2D eigenvalue weighted by molar-refractivity contribution is -0.137. The molecule has 0 radical (unpaired) electrons. The second-order valence-electron chi connectivity index (χ2n) is 8.04. The Kier molecular flexibility index (Phi) is 5.29. The summed E-state index contributed by atoms with van der Waals surface area (Å²) in [6, 6.07) is 3.88. The first-order valence-corrected chi connectivity index (χ1v) is 10.4. The molecule has 1 amide bonds. The van der Waals surface area contributed by atoms with E-state index >= 15 is 4.39 Å². The molecule has 35 heavy (non-hydrogen) atoms. The first-order valence-electron chi connectivity index (χ1n) is 10.4. The van der Waals surface area contributed by atoms with Crippen molar-refractivity contribution in [3.05, 3.63) is 89.1 Å². The van der Waals surface area contributed by atoms with Crippen LogP contribution in [0, 0.1) is 11.6 Å². The minimum absolute atomic E-state index is 0.134. The molecule has 6 nitrogen and oxygen atoms in total. The van der Waals surface area contributed by atoms with Gasteiger partial charge in [-0.1, -0.05) is 6.07 Å². The van der Waals surface area contributed by atoms with Crippen molar-refractivity contribution >= 4 is 28.3 Å². The Morgan fingerprint density at radius 1 is 1.17 bits per heavy atom. The van der Waals surface area contributed by atoms with E-state index < -0.39 is 35.3 Å². The number of anilines is 1. The number of halogens is 5. The molecule has 1 aliphatic carbocycles. The molecule has 0 aliphatic heterocycles. The number of rotatable bonds is 4. The van der Waals surface area contributed by atoms with E-state index in [1.807, 2.05) is 0 Å². The van der Waals surface area contributed by atoms with Crippen LogP contribution in [0.15, 0.2) is 60.7 Å². The number of nitrogens with two attached hydrogens (primary N) is 1. The Bertz CT molecular complexity index is 1550. The first-order chi connectivity index (χ1) is 16.6. The normalized spacial score (nSPS) is 15.4. The molecule has 2 aromatic heterocycles. The SMILES string of the molecule is Nc1nc2cc(F)c(C(=O)N(Cc3ccc(C(F)(F)F)cc3F)C3C=C=CC3)cc2n2cncc12. The number of amides is 1. The van der Waals surface area contributed by atoms with Crippen LogP contribution in [0.5, 0.6) is 0 Å². The molecule has 0 spiro atoms. The Morgan fingerprint density at radius 2 is 1.97 bits per heavy atom. The van der Waals surface area contributed by atoms with Crippen molar-refractivity contribution in [3.63, 3.8) is 0 Å². The maximum Gasteiger partial charge on any atom is 0.416 e. The summed E-state index contributed by atoms with van der Waals surface area (Å²) < 4.78 is 70.0. The van der Waals surface area contributed by atoms with Crippen LogP contribution in [-0.2, 0) is 12.7 Å². The van der Waals surface area contributed by atoms with Gasteiger partial charge in [-0.05, 0) is 36.8 Å². The lowest BCUT2D eigenvalue weighted by atomic mass is 10.1. The smallest absolute Gasteiger partial charge is 0.382 e. The topological polar surface area (TPSA) is 76.5 Å². The number of nitrogen functional groups attached to an aromatic ring is 1. The Balaban J connectivity index is 1.57. The summed E-state index contributed by atoms with van der Waals surface area (Å²) in [5.41, 5.74) is 8.18. The van der Waals surface area contributed by atoms with Gasteiger partial charge in [-0.2, -0.15) is 13.2 Å². The highest BCUT2D eigenvalue weighted by Gasteiger charge is 2.32. The quantitative estimate of drug-likeness (QED) is 0.330. The summed E-state index contributed by atoms with van der Waals surface area (Å²) in [7, 11) is 0. The third-order valence-electron chi connectivity index (χ3n) is 5.84. The van der Waals surface area contributed by atoms with E-state index in [2.05, 4.69) is 15.7 Å². The van der Waals surface area contributed by atoms with E-state index in [9.17, 15) is 22.4 Å². The number of imidazole rings is 1. The van der Waals surface area contributed by atoms with Crippen LogP contribution in [0.25, 0.3) is 16.6 Å². The van der Waals surface area contributed by atoms with Gasteiger partial charge in [0.1, 0.15) is 23.0 Å². The molecule has 1 aliphatic rings. The van der Waals surface area contributed by atoms with Crippen LogP contribution < -0.4 is 5.73 Å². The number of carbonyl (C=O) groups excluding carboxylic acids is 1. The van der Waals surface area contributed by atoms with E-state index in [1.165, 1.54) is 23.5 Å². The molecule has 0 fully saturated rings. The fourth-order valence-electron chi connectivity index (χ4n) is 4.04.